The summed E-state index contributed by atoms with van der Waals surface area (Å²) < 4.78 is 0. The average molecular weight is 349 g/mol. The van der Waals surface area contributed by atoms with Crippen LogP contribution in [0.5, 0.6) is 0 Å². The molecular weight excluding hydrogens is 330 g/mol. The third kappa shape index (κ3) is 5.49. The minimum Gasteiger partial charge on any atom is -0.377 e. The molecule has 6 heteroatoms. The highest BCUT2D eigenvalue weighted by atomic mass is 16.6. The highest BCUT2D eigenvalue weighted by molar-refractivity contribution is 5.91. The van der Waals surface area contributed by atoms with Gasteiger partial charge in [-0.05, 0) is 35.9 Å². The second kappa shape index (κ2) is 9.04. The van der Waals surface area contributed by atoms with Crippen LogP contribution >= 0.6 is 0 Å². The number of anilines is 1. The summed E-state index contributed by atoms with van der Waals surface area (Å²) in [6.07, 6.45) is 2.96. The van der Waals surface area contributed by atoms with E-state index in [2.05, 4.69) is 17.2 Å². The van der Waals surface area contributed by atoms with Crippen molar-refractivity contribution in [3.8, 4) is 11.8 Å². The van der Waals surface area contributed by atoms with Gasteiger partial charge in [0.15, 0.2) is 0 Å². The van der Waals surface area contributed by atoms with Gasteiger partial charge in [0.1, 0.15) is 0 Å². The number of non-ortho nitro benzene ring substituents is 1. The molecule has 6 nitrogen and oxygen atoms in total. The Balaban J connectivity index is 1.89. The Bertz CT molecular complexity index is 875. The number of nitrogens with one attached hydrogen (secondary N) is 1. The Labute approximate surface area is 152 Å². The Morgan fingerprint density at radius 3 is 2.54 bits per heavy atom. The molecule has 2 aromatic carbocycles. The number of amides is 1. The predicted molar refractivity (Wildman–Crippen MR) is 103 cm³/mol. The second-order valence-electron chi connectivity index (χ2n) is 5.61. The summed E-state index contributed by atoms with van der Waals surface area (Å²) in [4.78, 5) is 23.9. The van der Waals surface area contributed by atoms with E-state index in [1.165, 1.54) is 18.2 Å². The molecule has 0 heterocycles. The molecule has 132 valence electrons. The first-order chi connectivity index (χ1) is 12.5. The first-order valence-electron chi connectivity index (χ1n) is 7.93. The summed E-state index contributed by atoms with van der Waals surface area (Å²) in [6.45, 7) is 0.227. The van der Waals surface area contributed by atoms with Crippen LogP contribution < -0.4 is 10.2 Å². The number of carbonyl (C=O) groups is 1. The number of hydrogen-bond acceptors (Lipinski definition) is 4. The van der Waals surface area contributed by atoms with E-state index in [1.54, 1.807) is 18.2 Å². The van der Waals surface area contributed by atoms with Gasteiger partial charge in [0.2, 0.25) is 5.91 Å². The molecule has 0 fully saturated rings. The number of hydrogen-bond donors (Lipinski definition) is 1. The SMILES string of the molecule is CN(C)c1ccccc1C#CCNC(=O)/C=C/c1ccc([N+](=O)[O-])cc1. The van der Waals surface area contributed by atoms with Gasteiger partial charge >= 0.3 is 0 Å². The standard InChI is InChI=1S/C20H19N3O3/c1-22(2)19-8-4-3-6-17(19)7-5-15-21-20(24)14-11-16-9-12-18(13-10-16)23(25)26/h3-4,6,8-14H,15H2,1-2H3,(H,21,24)/b14-11+. The Morgan fingerprint density at radius 2 is 1.88 bits per heavy atom. The first kappa shape index (κ1) is 18.7. The molecule has 0 aliphatic heterocycles. The molecule has 0 saturated carbocycles. The number of nitro benzene ring substituents is 1. The predicted octanol–water partition coefficient (Wildman–Crippen LogP) is 2.84. The summed E-state index contributed by atoms with van der Waals surface area (Å²) in [5, 5.41) is 13.3. The van der Waals surface area contributed by atoms with E-state index in [0.717, 1.165) is 11.3 Å². The number of para-hydroxylation sites is 1. The van der Waals surface area contributed by atoms with Crippen LogP contribution in [0.15, 0.2) is 54.6 Å². The van der Waals surface area contributed by atoms with Gasteiger partial charge < -0.3 is 10.2 Å². The first-order valence-corrected chi connectivity index (χ1v) is 7.93. The molecule has 0 bridgehead atoms. The summed E-state index contributed by atoms with van der Waals surface area (Å²) >= 11 is 0. The fourth-order valence-corrected chi connectivity index (χ4v) is 2.18. The van der Waals surface area contributed by atoms with Crippen LogP contribution in [0.25, 0.3) is 6.08 Å². The zero-order chi connectivity index (χ0) is 18.9. The molecule has 0 unspecified atom stereocenters. The van der Waals surface area contributed by atoms with Crippen LogP contribution in [-0.4, -0.2) is 31.5 Å². The number of nitro groups is 1. The van der Waals surface area contributed by atoms with Crippen molar-refractivity contribution in [1.82, 2.24) is 5.32 Å². The molecule has 0 aromatic heterocycles. The Morgan fingerprint density at radius 1 is 1.19 bits per heavy atom. The molecule has 26 heavy (non-hydrogen) atoms. The summed E-state index contributed by atoms with van der Waals surface area (Å²) in [7, 11) is 3.90. The topological polar surface area (TPSA) is 75.5 Å². The Hall–Kier alpha value is -3.59. The zero-order valence-corrected chi connectivity index (χ0v) is 14.6. The number of rotatable bonds is 5. The van der Waals surface area contributed by atoms with Gasteiger partial charge in [-0.3, -0.25) is 14.9 Å². The normalized spacial score (nSPS) is 10.1. The fourth-order valence-electron chi connectivity index (χ4n) is 2.18. The fraction of sp³-hybridized carbons (Fsp3) is 0.150. The lowest BCUT2D eigenvalue weighted by molar-refractivity contribution is -0.384. The molecule has 0 atom stereocenters. The van der Waals surface area contributed by atoms with Crippen molar-refractivity contribution < 1.29 is 9.72 Å². The van der Waals surface area contributed by atoms with Crippen LogP contribution in [0.1, 0.15) is 11.1 Å². The van der Waals surface area contributed by atoms with Gasteiger partial charge in [0.25, 0.3) is 5.69 Å². The maximum atomic E-state index is 11.8. The largest absolute Gasteiger partial charge is 0.377 e. The second-order valence-corrected chi connectivity index (χ2v) is 5.61. The molecular formula is C20H19N3O3. The minimum atomic E-state index is -0.465. The molecule has 0 spiro atoms. The van der Waals surface area contributed by atoms with Crippen molar-refractivity contribution in [3.63, 3.8) is 0 Å². The van der Waals surface area contributed by atoms with E-state index in [1.807, 2.05) is 43.3 Å². The number of nitrogens with zero attached hydrogens (tertiary/aromatic N) is 2. The third-order valence-corrected chi connectivity index (χ3v) is 3.49. The van der Waals surface area contributed by atoms with Gasteiger partial charge in [-0.25, -0.2) is 0 Å². The molecule has 0 saturated heterocycles. The van der Waals surface area contributed by atoms with E-state index in [9.17, 15) is 14.9 Å². The summed E-state index contributed by atoms with van der Waals surface area (Å²) in [5.41, 5.74) is 2.63. The smallest absolute Gasteiger partial charge is 0.269 e. The molecule has 2 rings (SSSR count). The van der Waals surface area contributed by atoms with Gasteiger partial charge in [-0.1, -0.05) is 24.0 Å². The van der Waals surface area contributed by atoms with Gasteiger partial charge in [-0.2, -0.15) is 0 Å². The lowest BCUT2D eigenvalue weighted by Crippen LogP contribution is -2.21. The van der Waals surface area contributed by atoms with Crippen molar-refractivity contribution in [3.05, 3.63) is 75.8 Å². The summed E-state index contributed by atoms with van der Waals surface area (Å²) in [5.74, 6) is 5.70. The Kier molecular flexibility index (Phi) is 6.52. The monoisotopic (exact) mass is 349 g/mol. The van der Waals surface area contributed by atoms with Crippen LogP contribution in [0.2, 0.25) is 0 Å². The quantitative estimate of drug-likeness (QED) is 0.390. The average Bonchev–Trinajstić information content (AvgIpc) is 2.64. The molecule has 2 aromatic rings. The van der Waals surface area contributed by atoms with Crippen LogP contribution in [0.3, 0.4) is 0 Å². The number of carbonyl (C=O) groups excluding carboxylic acids is 1. The van der Waals surface area contributed by atoms with Crippen LogP contribution in [-0.2, 0) is 4.79 Å². The zero-order valence-electron chi connectivity index (χ0n) is 14.6. The van der Waals surface area contributed by atoms with E-state index in [-0.39, 0.29) is 18.1 Å². The summed E-state index contributed by atoms with van der Waals surface area (Å²) in [6, 6.07) is 13.7. The highest BCUT2D eigenvalue weighted by Gasteiger charge is 2.02. The van der Waals surface area contributed by atoms with Crippen LogP contribution in [0.4, 0.5) is 11.4 Å². The van der Waals surface area contributed by atoms with Crippen LogP contribution in [0, 0.1) is 22.0 Å². The molecule has 1 amide bonds. The van der Waals surface area contributed by atoms with Crippen molar-refractivity contribution in [2.75, 3.05) is 25.5 Å². The van der Waals surface area contributed by atoms with E-state index >= 15 is 0 Å². The van der Waals surface area contributed by atoms with Crippen molar-refractivity contribution in [1.29, 1.82) is 0 Å². The van der Waals surface area contributed by atoms with Crippen molar-refractivity contribution in [2.45, 2.75) is 0 Å². The molecule has 1 N–H and O–H groups in total. The van der Waals surface area contributed by atoms with Gasteiger partial charge in [-0.15, -0.1) is 0 Å². The maximum absolute atomic E-state index is 11.8. The van der Waals surface area contributed by atoms with Crippen molar-refractivity contribution >= 4 is 23.4 Å². The molecule has 0 radical (unpaired) electrons. The molecule has 0 aliphatic rings. The number of benzene rings is 2. The van der Waals surface area contributed by atoms with Gasteiger partial charge in [0, 0.05) is 37.9 Å². The molecule has 0 aliphatic carbocycles. The van der Waals surface area contributed by atoms with E-state index in [4.69, 9.17) is 0 Å². The lowest BCUT2D eigenvalue weighted by atomic mass is 10.1. The maximum Gasteiger partial charge on any atom is 0.269 e. The highest BCUT2D eigenvalue weighted by Crippen LogP contribution is 2.16. The minimum absolute atomic E-state index is 0.0138. The third-order valence-electron chi connectivity index (χ3n) is 3.49. The lowest BCUT2D eigenvalue weighted by Gasteiger charge is -2.13. The van der Waals surface area contributed by atoms with Crippen molar-refractivity contribution in [2.24, 2.45) is 0 Å². The van der Waals surface area contributed by atoms with E-state index < -0.39 is 4.92 Å². The van der Waals surface area contributed by atoms with Gasteiger partial charge in [0.05, 0.1) is 17.2 Å². The van der Waals surface area contributed by atoms with E-state index in [0.29, 0.717) is 5.56 Å².